The van der Waals surface area contributed by atoms with E-state index in [2.05, 4.69) is 25.7 Å². The highest BCUT2D eigenvalue weighted by Gasteiger charge is 2.54. The van der Waals surface area contributed by atoms with Gasteiger partial charge in [0, 0.05) is 30.8 Å². The largest absolute Gasteiger partial charge is 0.368 e. The van der Waals surface area contributed by atoms with Crippen LogP contribution in [0.25, 0.3) is 5.82 Å². The maximum Gasteiger partial charge on any atom is 0.226 e. The van der Waals surface area contributed by atoms with E-state index in [0.29, 0.717) is 13.1 Å². The molecule has 1 amide bonds. The van der Waals surface area contributed by atoms with Crippen molar-refractivity contribution in [2.24, 2.45) is 23.2 Å². The summed E-state index contributed by atoms with van der Waals surface area (Å²) in [6.45, 7) is 3.21. The summed E-state index contributed by atoms with van der Waals surface area (Å²) < 4.78 is 1.73. The molecule has 2 N–H and O–H groups in total. The standard InChI is InChI=1S/C21H28N6O/c1-14-2-5-27(26-14)19-9-18(24-13-25-19)22-3-4-23-20(28)21-10-15-6-16(11-21)8-17(7-15)12-21/h2,5,9,13,15-17H,3-4,6-8,10-12H2,1H3,(H,23,28)(H,22,24,25). The van der Waals surface area contributed by atoms with Crippen molar-refractivity contribution in [1.82, 2.24) is 25.1 Å². The van der Waals surface area contributed by atoms with Crippen LogP contribution in [0.1, 0.15) is 44.2 Å². The second kappa shape index (κ2) is 6.87. The van der Waals surface area contributed by atoms with Crippen molar-refractivity contribution in [2.45, 2.75) is 45.4 Å². The fourth-order valence-electron chi connectivity index (χ4n) is 6.05. The molecule has 0 atom stereocenters. The van der Waals surface area contributed by atoms with Crippen molar-refractivity contribution >= 4 is 11.7 Å². The van der Waals surface area contributed by atoms with E-state index in [1.54, 1.807) is 4.68 Å². The summed E-state index contributed by atoms with van der Waals surface area (Å²) in [5.41, 5.74) is 0.870. The summed E-state index contributed by atoms with van der Waals surface area (Å²) in [5, 5.41) is 10.9. The molecule has 7 nitrogen and oxygen atoms in total. The van der Waals surface area contributed by atoms with Crippen molar-refractivity contribution in [2.75, 3.05) is 18.4 Å². The molecule has 7 heteroatoms. The number of amides is 1. The lowest BCUT2D eigenvalue weighted by Crippen LogP contribution is -2.54. The summed E-state index contributed by atoms with van der Waals surface area (Å²) in [4.78, 5) is 21.5. The first-order valence-corrected chi connectivity index (χ1v) is 10.5. The van der Waals surface area contributed by atoms with Crippen LogP contribution in [0.4, 0.5) is 5.82 Å². The predicted molar refractivity (Wildman–Crippen MR) is 106 cm³/mol. The molecule has 28 heavy (non-hydrogen) atoms. The molecule has 2 aromatic heterocycles. The van der Waals surface area contributed by atoms with Gasteiger partial charge in [-0.25, -0.2) is 14.6 Å². The summed E-state index contributed by atoms with van der Waals surface area (Å²) >= 11 is 0. The summed E-state index contributed by atoms with van der Waals surface area (Å²) in [6, 6.07) is 3.81. The first-order chi connectivity index (χ1) is 13.6. The van der Waals surface area contributed by atoms with Gasteiger partial charge in [-0.3, -0.25) is 4.79 Å². The summed E-state index contributed by atoms with van der Waals surface area (Å²) in [7, 11) is 0. The van der Waals surface area contributed by atoms with Crippen LogP contribution in [0, 0.1) is 30.1 Å². The molecule has 6 rings (SSSR count). The smallest absolute Gasteiger partial charge is 0.226 e. The number of aryl methyl sites for hydroxylation is 1. The Labute approximate surface area is 165 Å². The second-order valence-corrected chi connectivity index (χ2v) is 9.04. The van der Waals surface area contributed by atoms with E-state index >= 15 is 0 Å². The van der Waals surface area contributed by atoms with Gasteiger partial charge in [-0.1, -0.05) is 0 Å². The molecule has 0 aromatic carbocycles. The lowest BCUT2D eigenvalue weighted by Gasteiger charge is -2.55. The summed E-state index contributed by atoms with van der Waals surface area (Å²) in [6.07, 6.45) is 10.8. The minimum Gasteiger partial charge on any atom is -0.368 e. The first-order valence-electron chi connectivity index (χ1n) is 10.5. The number of rotatable bonds is 6. The Morgan fingerprint density at radius 2 is 1.86 bits per heavy atom. The van der Waals surface area contributed by atoms with Crippen LogP contribution in [0.2, 0.25) is 0 Å². The number of hydrogen-bond donors (Lipinski definition) is 2. The fraction of sp³-hybridized carbons (Fsp3) is 0.619. The normalized spacial score (nSPS) is 30.4. The van der Waals surface area contributed by atoms with Crippen LogP contribution >= 0.6 is 0 Å². The van der Waals surface area contributed by atoms with Gasteiger partial charge < -0.3 is 10.6 Å². The molecule has 2 heterocycles. The Bertz CT molecular complexity index is 840. The highest BCUT2D eigenvalue weighted by Crippen LogP contribution is 2.60. The molecule has 4 aliphatic carbocycles. The highest BCUT2D eigenvalue weighted by atomic mass is 16.2. The van der Waals surface area contributed by atoms with E-state index in [1.165, 1.54) is 25.6 Å². The number of carbonyl (C=O) groups is 1. The van der Waals surface area contributed by atoms with Gasteiger partial charge in [0.05, 0.1) is 5.69 Å². The Kier molecular flexibility index (Phi) is 4.33. The fourth-order valence-corrected chi connectivity index (χ4v) is 6.05. The van der Waals surface area contributed by atoms with Crippen LogP contribution in [0.3, 0.4) is 0 Å². The van der Waals surface area contributed by atoms with E-state index in [-0.39, 0.29) is 11.3 Å². The molecule has 2 aromatic rings. The molecule has 4 saturated carbocycles. The van der Waals surface area contributed by atoms with Crippen molar-refractivity contribution in [1.29, 1.82) is 0 Å². The van der Waals surface area contributed by atoms with Gasteiger partial charge in [0.2, 0.25) is 5.91 Å². The SMILES string of the molecule is Cc1ccn(-c2cc(NCCNC(=O)C34CC5CC(CC(C5)C3)C4)ncn2)n1. The minimum absolute atomic E-state index is 0.0746. The molecule has 148 valence electrons. The molecular formula is C21H28N6O. The number of nitrogens with one attached hydrogen (secondary N) is 2. The monoisotopic (exact) mass is 380 g/mol. The molecule has 4 fully saturated rings. The molecule has 0 aliphatic heterocycles. The molecular weight excluding hydrogens is 352 g/mol. The zero-order chi connectivity index (χ0) is 19.1. The van der Waals surface area contributed by atoms with Gasteiger partial charge in [0.1, 0.15) is 12.1 Å². The number of nitrogens with zero attached hydrogens (tertiary/aromatic N) is 4. The maximum absolute atomic E-state index is 13.0. The Balaban J connectivity index is 1.15. The third-order valence-electron chi connectivity index (χ3n) is 6.85. The Morgan fingerprint density at radius 1 is 1.14 bits per heavy atom. The zero-order valence-electron chi connectivity index (χ0n) is 16.4. The van der Waals surface area contributed by atoms with Crippen LogP contribution < -0.4 is 10.6 Å². The van der Waals surface area contributed by atoms with E-state index in [4.69, 9.17) is 0 Å². The second-order valence-electron chi connectivity index (χ2n) is 9.04. The molecule has 4 bridgehead atoms. The van der Waals surface area contributed by atoms with E-state index in [1.807, 2.05) is 25.3 Å². The van der Waals surface area contributed by atoms with E-state index < -0.39 is 0 Å². The van der Waals surface area contributed by atoms with Gasteiger partial charge >= 0.3 is 0 Å². The van der Waals surface area contributed by atoms with Gasteiger partial charge in [-0.15, -0.1) is 0 Å². The maximum atomic E-state index is 13.0. The molecule has 0 spiro atoms. The average molecular weight is 380 g/mol. The number of carbonyl (C=O) groups excluding carboxylic acids is 1. The third kappa shape index (κ3) is 3.27. The van der Waals surface area contributed by atoms with Crippen LogP contribution in [-0.2, 0) is 4.79 Å². The number of hydrogen-bond acceptors (Lipinski definition) is 5. The summed E-state index contributed by atoms with van der Waals surface area (Å²) in [5.74, 6) is 4.12. The van der Waals surface area contributed by atoms with Crippen molar-refractivity contribution in [3.05, 3.63) is 30.4 Å². The van der Waals surface area contributed by atoms with Gasteiger partial charge in [0.25, 0.3) is 0 Å². The molecule has 0 saturated heterocycles. The van der Waals surface area contributed by atoms with Crippen LogP contribution in [0.15, 0.2) is 24.7 Å². The third-order valence-corrected chi connectivity index (χ3v) is 6.85. The predicted octanol–water partition coefficient (Wildman–Crippen LogP) is 2.72. The Morgan fingerprint density at radius 3 is 2.50 bits per heavy atom. The lowest BCUT2D eigenvalue weighted by molar-refractivity contribution is -0.146. The first kappa shape index (κ1) is 17.6. The minimum atomic E-state index is -0.0746. The average Bonchev–Trinajstić information content (AvgIpc) is 3.11. The van der Waals surface area contributed by atoms with Crippen molar-refractivity contribution in [3.63, 3.8) is 0 Å². The topological polar surface area (TPSA) is 84.7 Å². The zero-order valence-corrected chi connectivity index (χ0v) is 16.4. The molecule has 0 unspecified atom stereocenters. The molecule has 0 radical (unpaired) electrons. The van der Waals surface area contributed by atoms with E-state index in [0.717, 1.165) is 54.3 Å². The lowest BCUT2D eigenvalue weighted by atomic mass is 9.49. The van der Waals surface area contributed by atoms with Gasteiger partial charge in [0.15, 0.2) is 5.82 Å². The van der Waals surface area contributed by atoms with Gasteiger partial charge in [-0.2, -0.15) is 5.10 Å². The molecule has 4 aliphatic rings. The quantitative estimate of drug-likeness (QED) is 0.753. The highest BCUT2D eigenvalue weighted by molar-refractivity contribution is 5.83. The number of anilines is 1. The van der Waals surface area contributed by atoms with Crippen LogP contribution in [0.5, 0.6) is 0 Å². The van der Waals surface area contributed by atoms with Crippen molar-refractivity contribution < 1.29 is 4.79 Å². The van der Waals surface area contributed by atoms with Gasteiger partial charge in [-0.05, 0) is 69.3 Å². The van der Waals surface area contributed by atoms with Crippen LogP contribution in [-0.4, -0.2) is 38.7 Å². The number of aromatic nitrogens is 4. The van der Waals surface area contributed by atoms with Crippen molar-refractivity contribution in [3.8, 4) is 5.82 Å². The Hall–Kier alpha value is -2.44. The van der Waals surface area contributed by atoms with E-state index in [9.17, 15) is 4.79 Å².